The van der Waals surface area contributed by atoms with Crippen molar-refractivity contribution in [1.29, 1.82) is 0 Å². The number of carboxylic acids is 1. The number of alkyl halides is 2. The molecule has 2 rings (SSSR count). The Morgan fingerprint density at radius 1 is 1.27 bits per heavy atom. The van der Waals surface area contributed by atoms with Crippen LogP contribution in [0.4, 0.5) is 8.78 Å². The summed E-state index contributed by atoms with van der Waals surface area (Å²) in [6.07, 6.45) is 1.29. The molecule has 2 N–H and O–H groups in total. The molecule has 1 aromatic carbocycles. The SMILES string of the molecule is Cc1cc(C(=O)NCC(C(=O)O)C2CCOCC2)cc(C)c1OC(F)F. The summed E-state index contributed by atoms with van der Waals surface area (Å²) in [5, 5.41) is 12.1. The van der Waals surface area contributed by atoms with Gasteiger partial charge in [0, 0.05) is 25.3 Å². The highest BCUT2D eigenvalue weighted by atomic mass is 19.3. The van der Waals surface area contributed by atoms with Gasteiger partial charge in [-0.3, -0.25) is 9.59 Å². The van der Waals surface area contributed by atoms with E-state index in [4.69, 9.17) is 4.74 Å². The Morgan fingerprint density at radius 2 is 1.85 bits per heavy atom. The molecule has 1 aliphatic rings. The van der Waals surface area contributed by atoms with Crippen molar-refractivity contribution >= 4 is 11.9 Å². The van der Waals surface area contributed by atoms with Crippen LogP contribution >= 0.6 is 0 Å². The first-order chi connectivity index (χ1) is 12.3. The van der Waals surface area contributed by atoms with Gasteiger partial charge in [0.1, 0.15) is 5.75 Å². The number of carboxylic acid groups (broad SMARTS) is 1. The molecule has 1 aromatic rings. The number of amides is 1. The molecule has 26 heavy (non-hydrogen) atoms. The van der Waals surface area contributed by atoms with Gasteiger partial charge in [0.2, 0.25) is 0 Å². The van der Waals surface area contributed by atoms with Gasteiger partial charge in [-0.05, 0) is 55.9 Å². The van der Waals surface area contributed by atoms with Gasteiger partial charge >= 0.3 is 12.6 Å². The third kappa shape index (κ3) is 5.14. The summed E-state index contributed by atoms with van der Waals surface area (Å²) in [4.78, 5) is 23.9. The number of carbonyl (C=O) groups is 2. The lowest BCUT2D eigenvalue weighted by molar-refractivity contribution is -0.144. The molecule has 1 amide bonds. The molecule has 1 atom stereocenters. The van der Waals surface area contributed by atoms with Gasteiger partial charge in [-0.15, -0.1) is 0 Å². The number of ether oxygens (including phenoxy) is 2. The lowest BCUT2D eigenvalue weighted by atomic mass is 9.86. The van der Waals surface area contributed by atoms with Crippen LogP contribution in [-0.2, 0) is 9.53 Å². The monoisotopic (exact) mass is 371 g/mol. The van der Waals surface area contributed by atoms with E-state index in [0.29, 0.717) is 37.2 Å². The van der Waals surface area contributed by atoms with Gasteiger partial charge in [0.15, 0.2) is 0 Å². The van der Waals surface area contributed by atoms with E-state index in [1.54, 1.807) is 13.8 Å². The summed E-state index contributed by atoms with van der Waals surface area (Å²) >= 11 is 0. The van der Waals surface area contributed by atoms with E-state index >= 15 is 0 Å². The maximum Gasteiger partial charge on any atom is 0.387 e. The van der Waals surface area contributed by atoms with Crippen LogP contribution in [0.5, 0.6) is 5.75 Å². The smallest absolute Gasteiger partial charge is 0.387 e. The molecule has 0 bridgehead atoms. The quantitative estimate of drug-likeness (QED) is 0.770. The van der Waals surface area contributed by atoms with Crippen molar-refractivity contribution in [3.63, 3.8) is 0 Å². The molecule has 1 unspecified atom stereocenters. The molecule has 144 valence electrons. The Balaban J connectivity index is 2.05. The molecule has 0 aliphatic carbocycles. The first kappa shape index (κ1) is 20.1. The highest BCUT2D eigenvalue weighted by molar-refractivity contribution is 5.95. The number of hydrogen-bond acceptors (Lipinski definition) is 4. The van der Waals surface area contributed by atoms with Crippen LogP contribution in [0.25, 0.3) is 0 Å². The minimum absolute atomic E-state index is 0.00616. The summed E-state index contributed by atoms with van der Waals surface area (Å²) in [6, 6.07) is 2.90. The number of benzene rings is 1. The van der Waals surface area contributed by atoms with E-state index in [9.17, 15) is 23.5 Å². The lowest BCUT2D eigenvalue weighted by Gasteiger charge is -2.27. The van der Waals surface area contributed by atoms with Crippen LogP contribution in [0.3, 0.4) is 0 Å². The average molecular weight is 371 g/mol. The number of hydrogen-bond donors (Lipinski definition) is 2. The molecule has 6 nitrogen and oxygen atoms in total. The zero-order valence-corrected chi connectivity index (χ0v) is 14.8. The summed E-state index contributed by atoms with van der Waals surface area (Å²) in [5.41, 5.74) is 1.10. The van der Waals surface area contributed by atoms with Crippen LogP contribution in [-0.4, -0.2) is 43.4 Å². The van der Waals surface area contributed by atoms with Crippen LogP contribution in [0.15, 0.2) is 12.1 Å². The molecule has 0 saturated carbocycles. The predicted molar refractivity (Wildman–Crippen MR) is 89.6 cm³/mol. The van der Waals surface area contributed by atoms with Crippen molar-refractivity contribution in [3.8, 4) is 5.75 Å². The zero-order valence-electron chi connectivity index (χ0n) is 14.8. The number of nitrogens with one attached hydrogen (secondary N) is 1. The Bertz CT molecular complexity index is 636. The summed E-state index contributed by atoms with van der Waals surface area (Å²) in [6.45, 7) is 1.25. The van der Waals surface area contributed by atoms with Crippen molar-refractivity contribution in [2.45, 2.75) is 33.3 Å². The molecule has 1 aliphatic heterocycles. The van der Waals surface area contributed by atoms with Crippen molar-refractivity contribution in [2.75, 3.05) is 19.8 Å². The molecule has 0 aromatic heterocycles. The second-order valence-electron chi connectivity index (χ2n) is 6.42. The van der Waals surface area contributed by atoms with Gasteiger partial charge in [-0.25, -0.2) is 0 Å². The Kier molecular flexibility index (Phi) is 6.90. The van der Waals surface area contributed by atoms with Crippen LogP contribution in [0.2, 0.25) is 0 Å². The molecular formula is C18H23F2NO5. The lowest BCUT2D eigenvalue weighted by Crippen LogP contribution is -2.39. The van der Waals surface area contributed by atoms with Crippen molar-refractivity contribution in [3.05, 3.63) is 28.8 Å². The molecule has 1 saturated heterocycles. The van der Waals surface area contributed by atoms with Crippen LogP contribution in [0, 0.1) is 25.7 Å². The second-order valence-corrected chi connectivity index (χ2v) is 6.42. The molecule has 8 heteroatoms. The van der Waals surface area contributed by atoms with Crippen molar-refractivity contribution in [1.82, 2.24) is 5.32 Å². The zero-order chi connectivity index (χ0) is 19.3. The average Bonchev–Trinajstić information content (AvgIpc) is 2.58. The van der Waals surface area contributed by atoms with Crippen molar-refractivity contribution in [2.24, 2.45) is 11.8 Å². The van der Waals surface area contributed by atoms with E-state index in [1.165, 1.54) is 12.1 Å². The van der Waals surface area contributed by atoms with Gasteiger partial charge in [0.25, 0.3) is 5.91 Å². The van der Waals surface area contributed by atoms with Gasteiger partial charge in [-0.1, -0.05) is 0 Å². The first-order valence-electron chi connectivity index (χ1n) is 8.44. The van der Waals surface area contributed by atoms with Crippen molar-refractivity contribution < 1.29 is 33.0 Å². The van der Waals surface area contributed by atoms with E-state index in [2.05, 4.69) is 10.1 Å². The normalized spacial score (nSPS) is 16.3. The maximum atomic E-state index is 12.4. The topological polar surface area (TPSA) is 84.9 Å². The molecule has 0 radical (unpaired) electrons. The predicted octanol–water partition coefficient (Wildman–Crippen LogP) is 2.76. The molecule has 0 spiro atoms. The Morgan fingerprint density at radius 3 is 2.35 bits per heavy atom. The number of aryl methyl sites for hydroxylation is 2. The number of carbonyl (C=O) groups excluding carboxylic acids is 1. The Labute approximate surface area is 150 Å². The fraction of sp³-hybridized carbons (Fsp3) is 0.556. The van der Waals surface area contributed by atoms with E-state index in [0.717, 1.165) is 0 Å². The van der Waals surface area contributed by atoms with Crippen LogP contribution < -0.4 is 10.1 Å². The van der Waals surface area contributed by atoms with Gasteiger partial charge in [0.05, 0.1) is 5.92 Å². The third-order valence-electron chi connectivity index (χ3n) is 4.56. The largest absolute Gasteiger partial charge is 0.481 e. The molecule has 1 heterocycles. The molecular weight excluding hydrogens is 348 g/mol. The Hall–Kier alpha value is -2.22. The summed E-state index contributed by atoms with van der Waals surface area (Å²) in [7, 11) is 0. The number of rotatable bonds is 7. The highest BCUT2D eigenvalue weighted by Crippen LogP contribution is 2.27. The number of halogens is 2. The van der Waals surface area contributed by atoms with Crippen LogP contribution in [0.1, 0.15) is 34.3 Å². The molecule has 1 fully saturated rings. The minimum atomic E-state index is -2.94. The summed E-state index contributed by atoms with van der Waals surface area (Å²) < 4.78 is 34.6. The third-order valence-corrected chi connectivity index (χ3v) is 4.56. The maximum absolute atomic E-state index is 12.4. The standard InChI is InChI=1S/C18H23F2NO5/c1-10-7-13(8-11(2)15(10)26-18(19)20)16(22)21-9-14(17(23)24)12-3-5-25-6-4-12/h7-8,12,14,18H,3-6,9H2,1-2H3,(H,21,22)(H,23,24). The number of aliphatic carboxylic acids is 1. The second kappa shape index (κ2) is 8.93. The fourth-order valence-electron chi connectivity index (χ4n) is 3.23. The van der Waals surface area contributed by atoms with Gasteiger partial charge < -0.3 is 19.9 Å². The highest BCUT2D eigenvalue weighted by Gasteiger charge is 2.30. The van der Waals surface area contributed by atoms with E-state index in [1.807, 2.05) is 0 Å². The van der Waals surface area contributed by atoms with Gasteiger partial charge in [-0.2, -0.15) is 8.78 Å². The first-order valence-corrected chi connectivity index (χ1v) is 8.44. The van der Waals surface area contributed by atoms with E-state index < -0.39 is 24.4 Å². The van der Waals surface area contributed by atoms with E-state index in [-0.39, 0.29) is 23.8 Å². The fourth-order valence-corrected chi connectivity index (χ4v) is 3.23. The summed E-state index contributed by atoms with van der Waals surface area (Å²) in [5.74, 6) is -2.09. The minimum Gasteiger partial charge on any atom is -0.481 e.